The molecule has 1 saturated heterocycles. The highest BCUT2D eigenvalue weighted by Crippen LogP contribution is 2.28. The highest BCUT2D eigenvalue weighted by Gasteiger charge is 2.35. The number of hydrogen-bond acceptors (Lipinski definition) is 2. The molecule has 17 heavy (non-hydrogen) atoms. The summed E-state index contributed by atoms with van der Waals surface area (Å²) in [5, 5.41) is 0. The van der Waals surface area contributed by atoms with Crippen LogP contribution in [0, 0.1) is 5.82 Å². The van der Waals surface area contributed by atoms with E-state index in [1.807, 2.05) is 12.1 Å². The Morgan fingerprint density at radius 3 is 2.65 bits per heavy atom. The molecular formula is C14H21FN2. The molecule has 0 bridgehead atoms. The van der Waals surface area contributed by atoms with Gasteiger partial charge in [0.2, 0.25) is 0 Å². The van der Waals surface area contributed by atoms with Gasteiger partial charge in [-0.3, -0.25) is 4.90 Å². The monoisotopic (exact) mass is 236 g/mol. The topological polar surface area (TPSA) is 29.3 Å². The summed E-state index contributed by atoms with van der Waals surface area (Å²) in [6.45, 7) is 6.31. The van der Waals surface area contributed by atoms with Crippen molar-refractivity contribution in [2.45, 2.75) is 44.8 Å². The van der Waals surface area contributed by atoms with Crippen LogP contribution in [0.25, 0.3) is 0 Å². The van der Waals surface area contributed by atoms with Crippen LogP contribution in [0.3, 0.4) is 0 Å². The minimum absolute atomic E-state index is 0.0205. The smallest absolute Gasteiger partial charge is 0.123 e. The molecule has 1 unspecified atom stereocenters. The summed E-state index contributed by atoms with van der Waals surface area (Å²) >= 11 is 0. The second kappa shape index (κ2) is 4.75. The van der Waals surface area contributed by atoms with Gasteiger partial charge >= 0.3 is 0 Å². The first-order chi connectivity index (χ1) is 8.00. The summed E-state index contributed by atoms with van der Waals surface area (Å²) < 4.78 is 12.8. The Labute approximate surface area is 103 Å². The third-order valence-electron chi connectivity index (χ3n) is 3.95. The number of halogens is 1. The molecule has 0 amide bonds. The molecule has 0 saturated carbocycles. The van der Waals surface area contributed by atoms with Gasteiger partial charge in [0.05, 0.1) is 0 Å². The number of piperidine rings is 1. The average molecular weight is 236 g/mol. The molecule has 1 aliphatic rings. The van der Waals surface area contributed by atoms with Gasteiger partial charge in [-0.1, -0.05) is 12.1 Å². The lowest BCUT2D eigenvalue weighted by Crippen LogP contribution is -2.59. The number of rotatable bonds is 2. The van der Waals surface area contributed by atoms with E-state index in [2.05, 4.69) is 18.7 Å². The number of nitrogens with zero attached hydrogens (tertiary/aromatic N) is 1. The zero-order chi connectivity index (χ0) is 12.5. The average Bonchev–Trinajstić information content (AvgIpc) is 2.28. The molecule has 1 fully saturated rings. The van der Waals surface area contributed by atoms with Crippen molar-refractivity contribution in [3.05, 3.63) is 35.6 Å². The predicted octanol–water partition coefficient (Wildman–Crippen LogP) is 2.53. The largest absolute Gasteiger partial charge is 0.326 e. The molecular weight excluding hydrogens is 215 g/mol. The lowest BCUT2D eigenvalue weighted by molar-refractivity contribution is 0.0501. The van der Waals surface area contributed by atoms with Crippen LogP contribution in [0.5, 0.6) is 0 Å². The number of likely N-dealkylation sites (tertiary alicyclic amines) is 1. The fourth-order valence-electron chi connectivity index (χ4n) is 2.47. The summed E-state index contributed by atoms with van der Waals surface area (Å²) in [5.74, 6) is -0.177. The quantitative estimate of drug-likeness (QED) is 0.855. The molecule has 0 spiro atoms. The first kappa shape index (κ1) is 12.5. The predicted molar refractivity (Wildman–Crippen MR) is 68.1 cm³/mol. The molecule has 1 heterocycles. The van der Waals surface area contributed by atoms with E-state index in [-0.39, 0.29) is 17.4 Å². The van der Waals surface area contributed by atoms with Crippen LogP contribution >= 0.6 is 0 Å². The molecule has 1 aromatic carbocycles. The molecule has 2 N–H and O–H groups in total. The van der Waals surface area contributed by atoms with Crippen molar-refractivity contribution in [1.29, 1.82) is 0 Å². The number of hydrogen-bond donors (Lipinski definition) is 1. The molecule has 1 atom stereocenters. The Balaban J connectivity index is 2.09. The van der Waals surface area contributed by atoms with E-state index < -0.39 is 0 Å². The lowest BCUT2D eigenvalue weighted by atomic mass is 9.85. The molecule has 0 aromatic heterocycles. The van der Waals surface area contributed by atoms with Crippen molar-refractivity contribution < 1.29 is 4.39 Å². The second-order valence-electron chi connectivity index (χ2n) is 5.45. The summed E-state index contributed by atoms with van der Waals surface area (Å²) in [6.07, 6.45) is 2.23. The van der Waals surface area contributed by atoms with Gasteiger partial charge in [0.25, 0.3) is 0 Å². The third kappa shape index (κ3) is 2.67. The first-order valence-electron chi connectivity index (χ1n) is 6.25. The van der Waals surface area contributed by atoms with Gasteiger partial charge in [0, 0.05) is 18.1 Å². The van der Waals surface area contributed by atoms with Crippen molar-refractivity contribution in [2.24, 2.45) is 5.73 Å². The Kier molecular flexibility index (Phi) is 3.50. The molecule has 0 aliphatic carbocycles. The van der Waals surface area contributed by atoms with Gasteiger partial charge in [0.15, 0.2) is 0 Å². The first-order valence-corrected chi connectivity index (χ1v) is 6.25. The van der Waals surface area contributed by atoms with Crippen molar-refractivity contribution in [1.82, 2.24) is 4.90 Å². The van der Waals surface area contributed by atoms with Crippen LogP contribution in [0.15, 0.2) is 24.3 Å². The van der Waals surface area contributed by atoms with Gasteiger partial charge in [-0.05, 0) is 50.9 Å². The van der Waals surface area contributed by atoms with Gasteiger partial charge in [-0.25, -0.2) is 4.39 Å². The van der Waals surface area contributed by atoms with E-state index in [9.17, 15) is 4.39 Å². The Morgan fingerprint density at radius 2 is 2.00 bits per heavy atom. The minimum Gasteiger partial charge on any atom is -0.326 e. The molecule has 2 rings (SSSR count). The maximum Gasteiger partial charge on any atom is 0.123 e. The Hall–Kier alpha value is -0.930. The molecule has 0 radical (unpaired) electrons. The third-order valence-corrected chi connectivity index (χ3v) is 3.95. The highest BCUT2D eigenvalue weighted by molar-refractivity contribution is 5.16. The fourth-order valence-corrected chi connectivity index (χ4v) is 2.47. The molecule has 94 valence electrons. The van der Waals surface area contributed by atoms with Crippen molar-refractivity contribution in [3.8, 4) is 0 Å². The zero-order valence-electron chi connectivity index (χ0n) is 10.6. The lowest BCUT2D eigenvalue weighted by Gasteiger charge is -2.46. The normalized spacial score (nSPS) is 24.8. The fraction of sp³-hybridized carbons (Fsp3) is 0.571. The molecule has 3 heteroatoms. The summed E-state index contributed by atoms with van der Waals surface area (Å²) in [6, 6.07) is 6.96. The van der Waals surface area contributed by atoms with Crippen molar-refractivity contribution in [3.63, 3.8) is 0 Å². The maximum absolute atomic E-state index is 12.8. The Bertz CT molecular complexity index is 372. The van der Waals surface area contributed by atoms with E-state index in [1.54, 1.807) is 0 Å². The summed E-state index contributed by atoms with van der Waals surface area (Å²) in [7, 11) is 0. The van der Waals surface area contributed by atoms with Crippen molar-refractivity contribution >= 4 is 0 Å². The molecule has 1 aliphatic heterocycles. The van der Waals surface area contributed by atoms with Gasteiger partial charge < -0.3 is 5.73 Å². The van der Waals surface area contributed by atoms with Crippen LogP contribution < -0.4 is 5.73 Å². The molecule has 1 aromatic rings. The zero-order valence-corrected chi connectivity index (χ0v) is 10.6. The number of nitrogens with two attached hydrogens (primary N) is 1. The van der Waals surface area contributed by atoms with Crippen molar-refractivity contribution in [2.75, 3.05) is 6.54 Å². The number of benzene rings is 1. The van der Waals surface area contributed by atoms with Crippen LogP contribution in [0.4, 0.5) is 4.39 Å². The highest BCUT2D eigenvalue weighted by atomic mass is 19.1. The Morgan fingerprint density at radius 1 is 1.35 bits per heavy atom. The van der Waals surface area contributed by atoms with Gasteiger partial charge in [0.1, 0.15) is 5.82 Å². The van der Waals surface area contributed by atoms with Crippen LogP contribution in [-0.4, -0.2) is 23.0 Å². The minimum atomic E-state index is -0.177. The standard InChI is InChI=1S/C14H21FN2/c1-14(2)13(16)4-3-9-17(14)10-11-5-7-12(15)8-6-11/h5-8,13H,3-4,9-10,16H2,1-2H3. The summed E-state index contributed by atoms with van der Waals surface area (Å²) in [4.78, 5) is 2.40. The van der Waals surface area contributed by atoms with E-state index in [1.165, 1.54) is 12.1 Å². The summed E-state index contributed by atoms with van der Waals surface area (Å²) in [5.41, 5.74) is 7.35. The van der Waals surface area contributed by atoms with E-state index in [0.717, 1.165) is 31.5 Å². The van der Waals surface area contributed by atoms with Crippen LogP contribution in [0.2, 0.25) is 0 Å². The maximum atomic E-state index is 12.8. The van der Waals surface area contributed by atoms with Gasteiger partial charge in [-0.15, -0.1) is 0 Å². The van der Waals surface area contributed by atoms with E-state index in [4.69, 9.17) is 5.73 Å². The van der Waals surface area contributed by atoms with E-state index >= 15 is 0 Å². The second-order valence-corrected chi connectivity index (χ2v) is 5.45. The van der Waals surface area contributed by atoms with Crippen LogP contribution in [0.1, 0.15) is 32.3 Å². The SMILES string of the molecule is CC1(C)C(N)CCCN1Cc1ccc(F)cc1. The molecule has 2 nitrogen and oxygen atoms in total. The van der Waals surface area contributed by atoms with E-state index in [0.29, 0.717) is 0 Å². The van der Waals surface area contributed by atoms with Crippen LogP contribution in [-0.2, 0) is 6.54 Å². The van der Waals surface area contributed by atoms with Gasteiger partial charge in [-0.2, -0.15) is 0 Å².